The van der Waals surface area contributed by atoms with Crippen LogP contribution in [0.4, 0.5) is 0 Å². The fraction of sp³-hybridized carbons (Fsp3) is 0.818. The number of carbonyl (C=O) groups is 2. The highest BCUT2D eigenvalue weighted by atomic mass is 16.6. The van der Waals surface area contributed by atoms with E-state index in [-0.39, 0.29) is 25.2 Å². The molecule has 0 bridgehead atoms. The number of carbonyl (C=O) groups excluding carboxylic acids is 2. The highest BCUT2D eigenvalue weighted by Crippen LogP contribution is 2.09. The van der Waals surface area contributed by atoms with Crippen molar-refractivity contribution < 1.29 is 19.1 Å². The van der Waals surface area contributed by atoms with Crippen LogP contribution in [0.2, 0.25) is 0 Å². The van der Waals surface area contributed by atoms with Crippen LogP contribution in [0.5, 0.6) is 0 Å². The molecule has 1 aliphatic heterocycles. The molecule has 0 aromatic rings. The number of rotatable bonds is 0. The van der Waals surface area contributed by atoms with Gasteiger partial charge in [0.05, 0.1) is 0 Å². The van der Waals surface area contributed by atoms with Gasteiger partial charge in [-0.15, -0.1) is 0 Å². The van der Waals surface area contributed by atoms with Crippen molar-refractivity contribution in [3.05, 3.63) is 0 Å². The Morgan fingerprint density at radius 2 is 1.07 bits per heavy atom. The number of esters is 2. The lowest BCUT2D eigenvalue weighted by atomic mass is 10.1. The van der Waals surface area contributed by atoms with Gasteiger partial charge in [-0.3, -0.25) is 9.59 Å². The van der Waals surface area contributed by atoms with Gasteiger partial charge >= 0.3 is 11.9 Å². The second kappa shape index (κ2) is 7.26. The topological polar surface area (TPSA) is 52.6 Å². The van der Waals surface area contributed by atoms with Crippen LogP contribution in [0.15, 0.2) is 0 Å². The molecular weight excluding hydrogens is 196 g/mol. The second-order valence-corrected chi connectivity index (χ2v) is 3.71. The Hall–Kier alpha value is -1.06. The molecule has 0 radical (unpaired) electrons. The van der Waals surface area contributed by atoms with E-state index in [2.05, 4.69) is 0 Å². The van der Waals surface area contributed by atoms with Crippen LogP contribution in [-0.4, -0.2) is 25.2 Å². The Morgan fingerprint density at radius 1 is 0.667 bits per heavy atom. The van der Waals surface area contributed by atoms with Crippen LogP contribution in [0.3, 0.4) is 0 Å². The van der Waals surface area contributed by atoms with Gasteiger partial charge in [0.25, 0.3) is 0 Å². The van der Waals surface area contributed by atoms with E-state index < -0.39 is 0 Å². The summed E-state index contributed by atoms with van der Waals surface area (Å²) in [6.07, 6.45) is 5.86. The van der Waals surface area contributed by atoms with E-state index in [0.29, 0.717) is 12.8 Å². The van der Waals surface area contributed by atoms with Gasteiger partial charge < -0.3 is 9.47 Å². The Balaban J connectivity index is 2.27. The second-order valence-electron chi connectivity index (χ2n) is 3.71. The Morgan fingerprint density at radius 3 is 1.53 bits per heavy atom. The quantitative estimate of drug-likeness (QED) is 0.577. The molecule has 15 heavy (non-hydrogen) atoms. The Kier molecular flexibility index (Phi) is 5.81. The summed E-state index contributed by atoms with van der Waals surface area (Å²) < 4.78 is 9.78. The molecule has 1 aliphatic rings. The number of hydrogen-bond donors (Lipinski definition) is 0. The lowest BCUT2D eigenvalue weighted by Crippen LogP contribution is -2.13. The predicted molar refractivity (Wildman–Crippen MR) is 54.2 cm³/mol. The maximum Gasteiger partial charge on any atom is 0.305 e. The molecule has 0 atom stereocenters. The first kappa shape index (κ1) is 12.0. The van der Waals surface area contributed by atoms with Gasteiger partial charge in [-0.05, 0) is 12.8 Å². The van der Waals surface area contributed by atoms with E-state index in [1.165, 1.54) is 0 Å². The third-order valence-corrected chi connectivity index (χ3v) is 2.37. The fourth-order valence-corrected chi connectivity index (χ4v) is 1.52. The highest BCUT2D eigenvalue weighted by Gasteiger charge is 2.06. The van der Waals surface area contributed by atoms with Gasteiger partial charge in [-0.25, -0.2) is 0 Å². The summed E-state index contributed by atoms with van der Waals surface area (Å²) in [7, 11) is 0. The highest BCUT2D eigenvalue weighted by molar-refractivity contribution is 5.70. The van der Waals surface area contributed by atoms with Crippen molar-refractivity contribution >= 4 is 11.9 Å². The summed E-state index contributed by atoms with van der Waals surface area (Å²) in [5.41, 5.74) is 0. The molecule has 1 fully saturated rings. The van der Waals surface area contributed by atoms with Gasteiger partial charge in [0, 0.05) is 12.8 Å². The molecule has 4 heteroatoms. The zero-order chi connectivity index (χ0) is 10.9. The van der Waals surface area contributed by atoms with E-state index >= 15 is 0 Å². The zero-order valence-corrected chi connectivity index (χ0v) is 9.00. The zero-order valence-electron chi connectivity index (χ0n) is 9.00. The third kappa shape index (κ3) is 6.10. The van der Waals surface area contributed by atoms with Crippen molar-refractivity contribution in [1.29, 1.82) is 0 Å². The molecule has 0 N–H and O–H groups in total. The van der Waals surface area contributed by atoms with Crippen LogP contribution in [0.1, 0.15) is 44.9 Å². The third-order valence-electron chi connectivity index (χ3n) is 2.37. The molecule has 4 nitrogen and oxygen atoms in total. The lowest BCUT2D eigenvalue weighted by molar-refractivity contribution is -0.152. The van der Waals surface area contributed by atoms with Gasteiger partial charge in [-0.2, -0.15) is 0 Å². The average molecular weight is 214 g/mol. The first-order valence-corrected chi connectivity index (χ1v) is 5.60. The fourth-order valence-electron chi connectivity index (χ4n) is 1.52. The molecule has 0 aromatic carbocycles. The largest absolute Gasteiger partial charge is 0.462 e. The van der Waals surface area contributed by atoms with E-state index in [1.54, 1.807) is 0 Å². The van der Waals surface area contributed by atoms with Crippen molar-refractivity contribution in [3.63, 3.8) is 0 Å². The maximum atomic E-state index is 11.1. The Labute approximate surface area is 89.9 Å². The summed E-state index contributed by atoms with van der Waals surface area (Å²) >= 11 is 0. The van der Waals surface area contributed by atoms with Crippen LogP contribution in [0.25, 0.3) is 0 Å². The van der Waals surface area contributed by atoms with E-state index in [4.69, 9.17) is 9.47 Å². The molecule has 0 aliphatic carbocycles. The minimum absolute atomic E-state index is 0.185. The molecular formula is C11H18O4. The SMILES string of the molecule is O=C1CCCCCCCC(=O)OCCO1. The van der Waals surface area contributed by atoms with Crippen LogP contribution in [-0.2, 0) is 19.1 Å². The number of ether oxygens (including phenoxy) is 2. The van der Waals surface area contributed by atoms with Crippen LogP contribution in [0, 0.1) is 0 Å². The van der Waals surface area contributed by atoms with Crippen molar-refractivity contribution in [2.75, 3.05) is 13.2 Å². The summed E-state index contributed by atoms with van der Waals surface area (Å²) in [5, 5.41) is 0. The molecule has 0 saturated carbocycles. The smallest absolute Gasteiger partial charge is 0.305 e. The Bertz CT molecular complexity index is 191. The van der Waals surface area contributed by atoms with E-state index in [0.717, 1.165) is 32.1 Å². The van der Waals surface area contributed by atoms with Crippen molar-refractivity contribution in [2.24, 2.45) is 0 Å². The van der Waals surface area contributed by atoms with Crippen LogP contribution >= 0.6 is 0 Å². The normalized spacial score (nSPS) is 21.6. The molecule has 0 amide bonds. The molecule has 86 valence electrons. The van der Waals surface area contributed by atoms with Gasteiger partial charge in [0.1, 0.15) is 13.2 Å². The summed E-state index contributed by atoms with van der Waals surface area (Å²) in [6, 6.07) is 0. The summed E-state index contributed by atoms with van der Waals surface area (Å²) in [4.78, 5) is 22.2. The van der Waals surface area contributed by atoms with E-state index in [9.17, 15) is 9.59 Å². The first-order chi connectivity index (χ1) is 7.29. The molecule has 1 heterocycles. The lowest BCUT2D eigenvalue weighted by Gasteiger charge is -2.04. The van der Waals surface area contributed by atoms with Gasteiger partial charge in [-0.1, -0.05) is 19.3 Å². The molecule has 1 rings (SSSR count). The predicted octanol–water partition coefficient (Wildman–Crippen LogP) is 1.82. The molecule has 0 aromatic heterocycles. The minimum atomic E-state index is -0.190. The van der Waals surface area contributed by atoms with Gasteiger partial charge in [0.2, 0.25) is 0 Å². The molecule has 0 spiro atoms. The van der Waals surface area contributed by atoms with Crippen molar-refractivity contribution in [1.82, 2.24) is 0 Å². The summed E-state index contributed by atoms with van der Waals surface area (Å²) in [5.74, 6) is -0.379. The van der Waals surface area contributed by atoms with E-state index in [1.807, 2.05) is 0 Å². The number of cyclic esters (lactones) is 2. The average Bonchev–Trinajstić information content (AvgIpc) is 2.23. The maximum absolute atomic E-state index is 11.1. The van der Waals surface area contributed by atoms with Crippen molar-refractivity contribution in [2.45, 2.75) is 44.9 Å². The molecule has 1 saturated heterocycles. The summed E-state index contributed by atoms with van der Waals surface area (Å²) in [6.45, 7) is 0.370. The van der Waals surface area contributed by atoms with Crippen LogP contribution < -0.4 is 0 Å². The first-order valence-electron chi connectivity index (χ1n) is 5.60. The number of hydrogen-bond acceptors (Lipinski definition) is 4. The van der Waals surface area contributed by atoms with Gasteiger partial charge in [0.15, 0.2) is 0 Å². The molecule has 0 unspecified atom stereocenters. The van der Waals surface area contributed by atoms with Crippen molar-refractivity contribution in [3.8, 4) is 0 Å². The minimum Gasteiger partial charge on any atom is -0.462 e. The standard InChI is InChI=1S/C11H18O4/c12-10-6-4-2-1-3-5-7-11(13)15-9-8-14-10/h1-9H2. The monoisotopic (exact) mass is 214 g/mol.